The normalized spacial score (nSPS) is 10.6. The topological polar surface area (TPSA) is 101 Å². The molecular weight excluding hydrogens is 377 g/mol. The monoisotopic (exact) mass is 395 g/mol. The third-order valence-corrected chi connectivity index (χ3v) is 4.60. The number of amides is 1. The van der Waals surface area contributed by atoms with E-state index in [0.717, 1.165) is 0 Å². The Balaban J connectivity index is 2.17. The van der Waals surface area contributed by atoms with Gasteiger partial charge < -0.3 is 15.0 Å². The van der Waals surface area contributed by atoms with Gasteiger partial charge in [0.2, 0.25) is 0 Å². The van der Waals surface area contributed by atoms with Crippen LogP contribution >= 0.6 is 0 Å². The average Bonchev–Trinajstić information content (AvgIpc) is 2.95. The van der Waals surface area contributed by atoms with E-state index in [-0.39, 0.29) is 16.8 Å². The van der Waals surface area contributed by atoms with E-state index in [4.69, 9.17) is 0 Å². The number of aryl methyl sites for hydroxylation is 1. The summed E-state index contributed by atoms with van der Waals surface area (Å²) >= 11 is 0. The first-order valence-corrected chi connectivity index (χ1v) is 8.68. The Bertz CT molecular complexity index is 1140. The first kappa shape index (κ1) is 19.9. The molecular formula is C21H18FN3O4. The summed E-state index contributed by atoms with van der Waals surface area (Å²) in [6, 6.07) is 9.21. The Morgan fingerprint density at radius 1 is 1.14 bits per heavy atom. The quantitative estimate of drug-likeness (QED) is 0.510. The molecule has 7 nitrogen and oxygen atoms in total. The van der Waals surface area contributed by atoms with Crippen molar-refractivity contribution in [1.82, 2.24) is 9.55 Å². The van der Waals surface area contributed by atoms with E-state index in [2.05, 4.69) is 10.3 Å². The third kappa shape index (κ3) is 3.64. The van der Waals surface area contributed by atoms with Crippen molar-refractivity contribution in [2.75, 3.05) is 5.32 Å². The largest absolute Gasteiger partial charge is 0.475 e. The molecule has 0 saturated carbocycles. The molecule has 0 bridgehead atoms. The number of carboxylic acid groups (broad SMARTS) is 1. The molecule has 148 valence electrons. The average molecular weight is 395 g/mol. The number of carboxylic acids is 1. The van der Waals surface area contributed by atoms with Crippen LogP contribution in [0.25, 0.3) is 11.4 Å². The maximum absolute atomic E-state index is 13.5. The molecule has 0 aliphatic heterocycles. The Kier molecular flexibility index (Phi) is 5.27. The minimum atomic E-state index is -1.62. The van der Waals surface area contributed by atoms with Gasteiger partial charge in [0.05, 0.1) is 17.0 Å². The number of hydrogen-bond donors (Lipinski definition) is 2. The van der Waals surface area contributed by atoms with Crippen LogP contribution in [0.15, 0.2) is 42.6 Å². The number of pyridine rings is 1. The Labute approximate surface area is 165 Å². The number of nitrogens with one attached hydrogen (secondary N) is 1. The van der Waals surface area contributed by atoms with Crippen LogP contribution in [-0.4, -0.2) is 32.3 Å². The van der Waals surface area contributed by atoms with Gasteiger partial charge in [0.25, 0.3) is 11.7 Å². The summed E-state index contributed by atoms with van der Waals surface area (Å²) in [7, 11) is 1.51. The van der Waals surface area contributed by atoms with E-state index < -0.39 is 23.5 Å². The maximum Gasteiger partial charge on any atom is 0.378 e. The third-order valence-electron chi connectivity index (χ3n) is 4.60. The fourth-order valence-corrected chi connectivity index (χ4v) is 3.25. The van der Waals surface area contributed by atoms with Crippen molar-refractivity contribution in [2.24, 2.45) is 7.05 Å². The number of halogens is 1. The van der Waals surface area contributed by atoms with Crippen LogP contribution in [0.2, 0.25) is 0 Å². The van der Waals surface area contributed by atoms with Gasteiger partial charge >= 0.3 is 5.97 Å². The molecule has 2 N–H and O–H groups in total. The Hall–Kier alpha value is -3.81. The summed E-state index contributed by atoms with van der Waals surface area (Å²) in [5.41, 5.74) is 1.68. The number of rotatable bonds is 5. The predicted octanol–water partition coefficient (Wildman–Crippen LogP) is 3.36. The molecule has 3 aromatic rings. The second-order valence-corrected chi connectivity index (χ2v) is 6.52. The van der Waals surface area contributed by atoms with Gasteiger partial charge in [-0.3, -0.25) is 14.6 Å². The Morgan fingerprint density at radius 3 is 2.45 bits per heavy atom. The zero-order chi connectivity index (χ0) is 21.3. The van der Waals surface area contributed by atoms with Crippen LogP contribution in [0.1, 0.15) is 32.0 Å². The molecule has 0 aliphatic carbocycles. The number of ketones is 1. The Morgan fingerprint density at radius 2 is 1.86 bits per heavy atom. The van der Waals surface area contributed by atoms with Gasteiger partial charge in [0.1, 0.15) is 11.5 Å². The molecule has 0 aliphatic rings. The first-order valence-electron chi connectivity index (χ1n) is 8.68. The van der Waals surface area contributed by atoms with Crippen molar-refractivity contribution in [3.63, 3.8) is 0 Å². The second kappa shape index (κ2) is 7.67. The number of nitrogens with zero attached hydrogens (tertiary/aromatic N) is 2. The number of anilines is 1. The van der Waals surface area contributed by atoms with Crippen LogP contribution in [0.5, 0.6) is 0 Å². The summed E-state index contributed by atoms with van der Waals surface area (Å²) in [4.78, 5) is 40.8. The number of carbonyl (C=O) groups is 3. The van der Waals surface area contributed by atoms with E-state index in [0.29, 0.717) is 22.6 Å². The molecule has 0 unspecified atom stereocenters. The second-order valence-electron chi connectivity index (χ2n) is 6.52. The molecule has 0 spiro atoms. The molecule has 0 radical (unpaired) electrons. The zero-order valence-corrected chi connectivity index (χ0v) is 16.0. The van der Waals surface area contributed by atoms with Gasteiger partial charge in [0.15, 0.2) is 0 Å². The summed E-state index contributed by atoms with van der Waals surface area (Å²) in [5, 5.41) is 11.9. The fraction of sp³-hybridized carbons (Fsp3) is 0.143. The number of hydrogen-bond acceptors (Lipinski definition) is 4. The van der Waals surface area contributed by atoms with Crippen LogP contribution in [0.4, 0.5) is 10.1 Å². The maximum atomic E-state index is 13.5. The summed E-state index contributed by atoms with van der Waals surface area (Å²) < 4.78 is 14.9. The van der Waals surface area contributed by atoms with Crippen molar-refractivity contribution in [2.45, 2.75) is 13.8 Å². The lowest BCUT2D eigenvalue weighted by Crippen LogP contribution is -2.17. The zero-order valence-electron chi connectivity index (χ0n) is 16.0. The highest BCUT2D eigenvalue weighted by Gasteiger charge is 2.31. The van der Waals surface area contributed by atoms with Crippen molar-refractivity contribution < 1.29 is 23.9 Å². The van der Waals surface area contributed by atoms with Crippen LogP contribution < -0.4 is 5.32 Å². The summed E-state index contributed by atoms with van der Waals surface area (Å²) in [5.74, 6) is -3.71. The molecule has 0 atom stereocenters. The van der Waals surface area contributed by atoms with Gasteiger partial charge in [-0.25, -0.2) is 9.18 Å². The van der Waals surface area contributed by atoms with Gasteiger partial charge in [-0.1, -0.05) is 6.07 Å². The number of carbonyl (C=O) groups excluding carboxylic acids is 2. The lowest BCUT2D eigenvalue weighted by Gasteiger charge is -2.10. The first-order chi connectivity index (χ1) is 13.7. The molecule has 3 rings (SSSR count). The molecule has 2 heterocycles. The van der Waals surface area contributed by atoms with Crippen LogP contribution in [0.3, 0.4) is 0 Å². The van der Waals surface area contributed by atoms with E-state index >= 15 is 0 Å². The minimum Gasteiger partial charge on any atom is -0.475 e. The van der Waals surface area contributed by atoms with Gasteiger partial charge in [-0.2, -0.15) is 0 Å². The van der Waals surface area contributed by atoms with Crippen LogP contribution in [-0.2, 0) is 11.8 Å². The lowest BCUT2D eigenvalue weighted by molar-refractivity contribution is -0.131. The van der Waals surface area contributed by atoms with E-state index in [1.165, 1.54) is 42.9 Å². The number of aliphatic carboxylic acids is 1. The highest BCUT2D eigenvalue weighted by molar-refractivity contribution is 6.40. The summed E-state index contributed by atoms with van der Waals surface area (Å²) in [6.45, 7) is 3.08. The predicted molar refractivity (Wildman–Crippen MR) is 104 cm³/mol. The SMILES string of the molecule is Cc1cc(NC(=O)c2c(C)c(C(=O)C(=O)O)n(C)c2-c2ccccn2)ccc1F. The smallest absolute Gasteiger partial charge is 0.378 e. The summed E-state index contributed by atoms with van der Waals surface area (Å²) in [6.07, 6.45) is 1.53. The highest BCUT2D eigenvalue weighted by Crippen LogP contribution is 2.31. The highest BCUT2D eigenvalue weighted by atomic mass is 19.1. The standard InChI is InChI=1S/C21H18FN3O4/c1-11-10-13(7-8-14(11)22)24-20(27)16-12(2)17(19(26)21(28)29)25(3)18(16)15-6-4-5-9-23-15/h4-10H,1-3H3,(H,24,27)(H,28,29). The molecule has 2 aromatic heterocycles. The molecule has 0 fully saturated rings. The molecule has 29 heavy (non-hydrogen) atoms. The van der Waals surface area contributed by atoms with Crippen molar-refractivity contribution >= 4 is 23.3 Å². The number of benzene rings is 1. The van der Waals surface area contributed by atoms with Crippen molar-refractivity contribution in [3.05, 3.63) is 70.8 Å². The van der Waals surface area contributed by atoms with Crippen molar-refractivity contribution in [1.29, 1.82) is 0 Å². The van der Waals surface area contributed by atoms with Crippen molar-refractivity contribution in [3.8, 4) is 11.4 Å². The van der Waals surface area contributed by atoms with Gasteiger partial charge in [-0.05, 0) is 55.3 Å². The van der Waals surface area contributed by atoms with E-state index in [9.17, 15) is 23.9 Å². The van der Waals surface area contributed by atoms with Crippen LogP contribution in [0, 0.1) is 19.7 Å². The van der Waals surface area contributed by atoms with E-state index in [1.54, 1.807) is 25.1 Å². The molecule has 8 heteroatoms. The minimum absolute atomic E-state index is 0.112. The fourth-order valence-electron chi connectivity index (χ4n) is 3.25. The van der Waals surface area contributed by atoms with Gasteiger partial charge in [0, 0.05) is 18.9 Å². The molecule has 1 aromatic carbocycles. The van der Waals surface area contributed by atoms with Gasteiger partial charge in [-0.15, -0.1) is 0 Å². The number of Topliss-reactive ketones (excluding diaryl/α,β-unsaturated/α-hetero) is 1. The number of aromatic nitrogens is 2. The lowest BCUT2D eigenvalue weighted by atomic mass is 10.1. The molecule has 1 amide bonds. The molecule has 0 saturated heterocycles. The van der Waals surface area contributed by atoms with E-state index in [1.807, 2.05) is 0 Å².